The maximum absolute atomic E-state index is 9.91. The van der Waals surface area contributed by atoms with Crippen molar-refractivity contribution in [3.63, 3.8) is 0 Å². The Balaban J connectivity index is 2.26. The Labute approximate surface area is 85.2 Å². The molecule has 1 aliphatic heterocycles. The lowest BCUT2D eigenvalue weighted by atomic mass is 9.97. The number of rotatable bonds is 5. The van der Waals surface area contributed by atoms with Crippen LogP contribution in [0.2, 0.25) is 0 Å². The molecule has 4 heteroatoms. The fraction of sp³-hybridized carbons (Fsp3) is 1.00. The Morgan fingerprint density at radius 2 is 2.29 bits per heavy atom. The number of aliphatic hydroxyl groups excluding tert-OH is 1. The van der Waals surface area contributed by atoms with Crippen LogP contribution in [0.1, 0.15) is 13.3 Å². The van der Waals surface area contributed by atoms with Crippen LogP contribution in [-0.4, -0.2) is 50.9 Å². The molecule has 1 fully saturated rings. The van der Waals surface area contributed by atoms with Gasteiger partial charge in [-0.05, 0) is 12.3 Å². The van der Waals surface area contributed by atoms with E-state index in [2.05, 4.69) is 0 Å². The highest BCUT2D eigenvalue weighted by Gasteiger charge is 2.27. The lowest BCUT2D eigenvalue weighted by molar-refractivity contribution is -0.144. The third-order valence-electron chi connectivity index (χ3n) is 2.58. The van der Waals surface area contributed by atoms with Crippen LogP contribution >= 0.6 is 0 Å². The zero-order chi connectivity index (χ0) is 10.4. The number of ether oxygens (including phenoxy) is 3. The van der Waals surface area contributed by atoms with Gasteiger partial charge in [0.25, 0.3) is 0 Å². The zero-order valence-corrected chi connectivity index (χ0v) is 8.94. The molecule has 0 aromatic heterocycles. The summed E-state index contributed by atoms with van der Waals surface area (Å²) in [6.45, 7) is 4.39. The fourth-order valence-electron chi connectivity index (χ4n) is 1.54. The minimum absolute atomic E-state index is 0.171. The molecule has 0 aromatic rings. The quantitative estimate of drug-likeness (QED) is 0.705. The molecule has 0 spiro atoms. The third kappa shape index (κ3) is 3.53. The summed E-state index contributed by atoms with van der Waals surface area (Å²) in [6, 6.07) is 0. The van der Waals surface area contributed by atoms with Crippen molar-refractivity contribution < 1.29 is 19.3 Å². The molecular weight excluding hydrogens is 184 g/mol. The van der Waals surface area contributed by atoms with E-state index in [1.165, 1.54) is 0 Å². The van der Waals surface area contributed by atoms with E-state index in [1.54, 1.807) is 7.11 Å². The van der Waals surface area contributed by atoms with Crippen LogP contribution in [0.4, 0.5) is 0 Å². The monoisotopic (exact) mass is 204 g/mol. The van der Waals surface area contributed by atoms with E-state index in [9.17, 15) is 5.11 Å². The van der Waals surface area contributed by atoms with Crippen LogP contribution in [0.5, 0.6) is 0 Å². The average Bonchev–Trinajstić information content (AvgIpc) is 2.26. The van der Waals surface area contributed by atoms with Crippen molar-refractivity contribution >= 4 is 0 Å². The molecule has 0 aromatic carbocycles. The molecule has 3 atom stereocenters. The van der Waals surface area contributed by atoms with E-state index < -0.39 is 6.10 Å². The molecule has 14 heavy (non-hydrogen) atoms. The lowest BCUT2D eigenvalue weighted by Gasteiger charge is -2.30. The van der Waals surface area contributed by atoms with E-state index >= 15 is 0 Å². The fourth-order valence-corrected chi connectivity index (χ4v) is 1.54. The smallest absolute Gasteiger partial charge is 0.107 e. The second-order valence-electron chi connectivity index (χ2n) is 3.73. The zero-order valence-electron chi connectivity index (χ0n) is 8.94. The summed E-state index contributed by atoms with van der Waals surface area (Å²) in [5.41, 5.74) is 0. The predicted molar refractivity (Wildman–Crippen MR) is 52.2 cm³/mol. The van der Waals surface area contributed by atoms with Gasteiger partial charge < -0.3 is 19.3 Å². The Hall–Kier alpha value is -0.160. The van der Waals surface area contributed by atoms with E-state index in [0.717, 1.165) is 6.42 Å². The number of methoxy groups -OCH3 is 1. The standard InChI is InChI=1S/C10H20O4/c1-8(3-4-12-2)10(11)9-7-13-5-6-14-9/h8-11H,3-7H2,1-2H3. The summed E-state index contributed by atoms with van der Waals surface area (Å²) in [5.74, 6) is 0.182. The number of hydrogen-bond acceptors (Lipinski definition) is 4. The van der Waals surface area contributed by atoms with E-state index in [0.29, 0.717) is 26.4 Å². The molecule has 0 aliphatic carbocycles. The van der Waals surface area contributed by atoms with Gasteiger partial charge in [-0.25, -0.2) is 0 Å². The van der Waals surface area contributed by atoms with Gasteiger partial charge in [-0.3, -0.25) is 0 Å². The van der Waals surface area contributed by atoms with E-state index in [-0.39, 0.29) is 12.0 Å². The van der Waals surface area contributed by atoms with Crippen molar-refractivity contribution in [1.82, 2.24) is 0 Å². The second kappa shape index (κ2) is 6.35. The molecule has 0 saturated carbocycles. The number of aliphatic hydroxyl groups is 1. The van der Waals surface area contributed by atoms with Crippen LogP contribution in [0.25, 0.3) is 0 Å². The molecule has 0 radical (unpaired) electrons. The first kappa shape index (κ1) is 11.9. The summed E-state index contributed by atoms with van der Waals surface area (Å²) in [6.07, 6.45) is 0.221. The van der Waals surface area contributed by atoms with Crippen molar-refractivity contribution in [2.75, 3.05) is 33.5 Å². The van der Waals surface area contributed by atoms with Crippen LogP contribution in [0.15, 0.2) is 0 Å². The highest BCUT2D eigenvalue weighted by atomic mass is 16.6. The molecular formula is C10H20O4. The summed E-state index contributed by atoms with van der Waals surface area (Å²) >= 11 is 0. The molecule has 1 rings (SSSR count). The van der Waals surface area contributed by atoms with Crippen LogP contribution in [0, 0.1) is 5.92 Å². The Morgan fingerprint density at radius 3 is 2.86 bits per heavy atom. The van der Waals surface area contributed by atoms with Gasteiger partial charge in [0.15, 0.2) is 0 Å². The molecule has 1 N–H and O–H groups in total. The molecule has 1 aliphatic rings. The largest absolute Gasteiger partial charge is 0.390 e. The van der Waals surface area contributed by atoms with Crippen LogP contribution in [-0.2, 0) is 14.2 Å². The SMILES string of the molecule is COCCC(C)C(O)C1COCCO1. The Morgan fingerprint density at radius 1 is 1.50 bits per heavy atom. The summed E-state index contributed by atoms with van der Waals surface area (Å²) in [5, 5.41) is 9.91. The van der Waals surface area contributed by atoms with Crippen LogP contribution < -0.4 is 0 Å². The van der Waals surface area contributed by atoms with Gasteiger partial charge in [-0.1, -0.05) is 6.92 Å². The first-order valence-corrected chi connectivity index (χ1v) is 5.12. The normalized spacial score (nSPS) is 27.2. The second-order valence-corrected chi connectivity index (χ2v) is 3.73. The Bertz CT molecular complexity index is 145. The lowest BCUT2D eigenvalue weighted by Crippen LogP contribution is -2.42. The average molecular weight is 204 g/mol. The van der Waals surface area contributed by atoms with Crippen molar-refractivity contribution in [3.8, 4) is 0 Å². The summed E-state index contributed by atoms with van der Waals surface area (Å²) < 4.78 is 15.6. The molecule has 4 nitrogen and oxygen atoms in total. The van der Waals surface area contributed by atoms with Crippen molar-refractivity contribution in [2.45, 2.75) is 25.6 Å². The molecule has 1 heterocycles. The van der Waals surface area contributed by atoms with Crippen molar-refractivity contribution in [1.29, 1.82) is 0 Å². The van der Waals surface area contributed by atoms with Gasteiger partial charge in [-0.15, -0.1) is 0 Å². The maximum Gasteiger partial charge on any atom is 0.107 e. The minimum Gasteiger partial charge on any atom is -0.390 e. The molecule has 84 valence electrons. The van der Waals surface area contributed by atoms with Gasteiger partial charge in [0.2, 0.25) is 0 Å². The van der Waals surface area contributed by atoms with Crippen LogP contribution in [0.3, 0.4) is 0 Å². The van der Waals surface area contributed by atoms with Gasteiger partial charge in [0, 0.05) is 13.7 Å². The van der Waals surface area contributed by atoms with Crippen molar-refractivity contribution in [2.24, 2.45) is 5.92 Å². The minimum atomic E-state index is -0.453. The molecule has 0 amide bonds. The van der Waals surface area contributed by atoms with Gasteiger partial charge in [0.1, 0.15) is 6.10 Å². The van der Waals surface area contributed by atoms with E-state index in [4.69, 9.17) is 14.2 Å². The topological polar surface area (TPSA) is 47.9 Å². The number of hydrogen-bond donors (Lipinski definition) is 1. The maximum atomic E-state index is 9.91. The summed E-state index contributed by atoms with van der Waals surface area (Å²) in [4.78, 5) is 0. The summed E-state index contributed by atoms with van der Waals surface area (Å²) in [7, 11) is 1.67. The third-order valence-corrected chi connectivity index (χ3v) is 2.58. The van der Waals surface area contributed by atoms with E-state index in [1.807, 2.05) is 6.92 Å². The first-order valence-electron chi connectivity index (χ1n) is 5.12. The Kier molecular flexibility index (Phi) is 5.40. The predicted octanol–water partition coefficient (Wildman–Crippen LogP) is 0.435. The van der Waals surface area contributed by atoms with Gasteiger partial charge in [0.05, 0.1) is 25.9 Å². The highest BCUT2D eigenvalue weighted by molar-refractivity contribution is 4.75. The highest BCUT2D eigenvalue weighted by Crippen LogP contribution is 2.16. The molecule has 0 bridgehead atoms. The molecule has 1 saturated heterocycles. The van der Waals surface area contributed by atoms with Crippen molar-refractivity contribution in [3.05, 3.63) is 0 Å². The molecule has 3 unspecified atom stereocenters. The van der Waals surface area contributed by atoms with Gasteiger partial charge in [-0.2, -0.15) is 0 Å². The first-order chi connectivity index (χ1) is 6.75. The van der Waals surface area contributed by atoms with Gasteiger partial charge >= 0.3 is 0 Å².